The van der Waals surface area contributed by atoms with Crippen LogP contribution in [0.4, 0.5) is 0 Å². The lowest BCUT2D eigenvalue weighted by atomic mass is 9.99. The van der Waals surface area contributed by atoms with E-state index in [-0.39, 0.29) is 0 Å². The standard InChI is InChI=1S/C47H29N3O2.C41H25N3O2.C34H20N4OS/c1-3-11-30(12-4-1)32-21-23-33(24-22-32)40-29-41(49-46(48-40)35-16-9-15-34(27-35)31-13-5-2-6-14-31)37-17-10-20-44-45(37)38-28-36(25-26-42(38)51-44)47-50-39-18-7-8-19-43(39)52-47;1-3-11-26(12-4-1)28-15-9-16-29(23-28)34-25-35(43-40(42-34)27-13-5-2-6-14-27)31-17-10-20-38-39(31)32-24-30(21-22-36(32)45-38)41-44-33-18-7-8-19-37(33)46-41;1-3-10-21(11-4-1)31-36-32(22-12-5-2-6-13-22)38-33(37-31)24-14-9-17-29-30(24)25-20-23(18-19-28(25)40-29)34-35-26-15-7-8-16-27(26)39-34/h1-29H;1-25H;1-20H. The van der Waals surface area contributed by atoms with E-state index in [4.69, 9.17) is 71.9 Å². The quantitative estimate of drug-likeness (QED) is 0.0939. The Hall–Kier alpha value is -18.6. The van der Waals surface area contributed by atoms with Crippen molar-refractivity contribution in [1.82, 2.24) is 49.8 Å². The third-order valence-corrected chi connectivity index (χ3v) is 26.0. The Balaban J connectivity index is 0.000000111. The van der Waals surface area contributed by atoms with Gasteiger partial charge in [-0.3, -0.25) is 0 Å². The molecule has 0 unspecified atom stereocenters. The molecule has 0 aliphatic heterocycles. The summed E-state index contributed by atoms with van der Waals surface area (Å²) in [7, 11) is 0. The van der Waals surface area contributed by atoms with Gasteiger partial charge in [-0.2, -0.15) is 0 Å². The summed E-state index contributed by atoms with van der Waals surface area (Å²) in [5.41, 5.74) is 29.5. The molecule has 9 heterocycles. The molecular weight excluding hydrogens is 1720 g/mol. The molecule has 27 rings (SSSR count). The second kappa shape index (κ2) is 35.1. The molecule has 16 heteroatoms. The third kappa shape index (κ3) is 15.8. The molecule has 0 radical (unpaired) electrons. The molecule has 27 aromatic rings. The maximum absolute atomic E-state index is 6.42. The average Bonchev–Trinajstić information content (AvgIpc) is 1.59. The number of hydrogen-bond donors (Lipinski definition) is 0. The maximum atomic E-state index is 6.42. The summed E-state index contributed by atoms with van der Waals surface area (Å²) >= 11 is 1.76. The first-order valence-electron chi connectivity index (χ1n) is 45.4. The molecule has 0 bridgehead atoms. The van der Waals surface area contributed by atoms with Gasteiger partial charge in [0.15, 0.2) is 45.9 Å². The van der Waals surface area contributed by atoms with Gasteiger partial charge in [-0.05, 0) is 167 Å². The molecule has 0 saturated heterocycles. The first-order chi connectivity index (χ1) is 68.3. The average molecular weight is 1790 g/mol. The number of para-hydroxylation sites is 6. The highest BCUT2D eigenvalue weighted by Crippen LogP contribution is 2.46. The van der Waals surface area contributed by atoms with Crippen molar-refractivity contribution >= 4 is 109 Å². The lowest BCUT2D eigenvalue weighted by Gasteiger charge is -2.12. The molecule has 0 spiro atoms. The molecule has 0 saturated carbocycles. The summed E-state index contributed by atoms with van der Waals surface area (Å²) < 4.78 is 33.5. The van der Waals surface area contributed by atoms with E-state index >= 15 is 0 Å². The fourth-order valence-corrected chi connectivity index (χ4v) is 19.3. The number of furan rings is 2. The van der Waals surface area contributed by atoms with Gasteiger partial charge in [0, 0.05) is 108 Å². The molecule has 18 aromatic carbocycles. The van der Waals surface area contributed by atoms with Gasteiger partial charge in [-0.25, -0.2) is 49.8 Å². The molecule has 15 nitrogen and oxygen atoms in total. The summed E-state index contributed by atoms with van der Waals surface area (Å²) in [6, 6.07) is 152. The van der Waals surface area contributed by atoms with E-state index in [1.807, 2.05) is 231 Å². The summed E-state index contributed by atoms with van der Waals surface area (Å²) in [4.78, 5) is 49.8. The van der Waals surface area contributed by atoms with Crippen LogP contribution < -0.4 is 0 Å². The number of benzene rings is 18. The normalized spacial score (nSPS) is 11.5. The van der Waals surface area contributed by atoms with E-state index in [0.29, 0.717) is 46.8 Å². The predicted molar refractivity (Wildman–Crippen MR) is 556 cm³/mol. The molecule has 0 fully saturated rings. The number of rotatable bonds is 15. The molecule has 0 amide bonds. The minimum Gasteiger partial charge on any atom is -0.456 e. The monoisotopic (exact) mass is 1790 g/mol. The number of fused-ring (bicyclic) bond motifs is 12. The third-order valence-electron chi connectivity index (χ3n) is 24.9. The van der Waals surface area contributed by atoms with Crippen LogP contribution in [0, 0.1) is 0 Å². The van der Waals surface area contributed by atoms with Crippen LogP contribution in [0.15, 0.2) is 471 Å². The molecule has 138 heavy (non-hydrogen) atoms. The van der Waals surface area contributed by atoms with Gasteiger partial charge in [-0.15, -0.1) is 11.3 Å². The number of thiophene rings is 1. The lowest BCUT2D eigenvalue weighted by Crippen LogP contribution is -2.00. The van der Waals surface area contributed by atoms with Crippen LogP contribution in [0.25, 0.3) is 267 Å². The molecule has 0 atom stereocenters. The van der Waals surface area contributed by atoms with E-state index in [0.717, 1.165) is 205 Å². The largest absolute Gasteiger partial charge is 0.456 e. The van der Waals surface area contributed by atoms with Gasteiger partial charge in [0.05, 0.1) is 22.8 Å². The molecule has 648 valence electrons. The highest BCUT2D eigenvalue weighted by Gasteiger charge is 2.25. The highest BCUT2D eigenvalue weighted by atomic mass is 32.1. The van der Waals surface area contributed by atoms with Gasteiger partial charge in [0.2, 0.25) is 17.7 Å². The van der Waals surface area contributed by atoms with Crippen molar-refractivity contribution in [3.05, 3.63) is 449 Å². The lowest BCUT2D eigenvalue weighted by molar-refractivity contribution is 0.619. The summed E-state index contributed by atoms with van der Waals surface area (Å²) in [5, 5.41) is 6.13. The zero-order valence-electron chi connectivity index (χ0n) is 73.6. The first-order valence-corrected chi connectivity index (χ1v) is 46.2. The highest BCUT2D eigenvalue weighted by molar-refractivity contribution is 7.26. The van der Waals surface area contributed by atoms with Gasteiger partial charge in [0.25, 0.3) is 0 Å². The van der Waals surface area contributed by atoms with Crippen LogP contribution in [0.3, 0.4) is 0 Å². The Labute approximate surface area is 793 Å². The predicted octanol–water partition coefficient (Wildman–Crippen LogP) is 32.4. The molecule has 0 aliphatic carbocycles. The van der Waals surface area contributed by atoms with E-state index < -0.39 is 0 Å². The Morgan fingerprint density at radius 1 is 0.152 bits per heavy atom. The summed E-state index contributed by atoms with van der Waals surface area (Å²) in [6.07, 6.45) is 0. The molecular formula is C122H74N10O5S. The zero-order valence-corrected chi connectivity index (χ0v) is 74.5. The maximum Gasteiger partial charge on any atom is 0.227 e. The Morgan fingerprint density at radius 2 is 0.471 bits per heavy atom. The van der Waals surface area contributed by atoms with Gasteiger partial charge in [-0.1, -0.05) is 315 Å². The van der Waals surface area contributed by atoms with E-state index in [1.165, 1.54) is 15.0 Å². The Morgan fingerprint density at radius 3 is 0.942 bits per heavy atom. The SMILES string of the molecule is c1ccc(-c2ccc(-c3cc(-c4cccc5oc6ccc(-c7nc8ccccc8o7)cc6c45)nc(-c4cccc(-c5ccccc5)c4)n3)cc2)cc1.c1ccc(-c2cccc(-c3cc(-c4cccc5oc6ccc(-c7nc8ccccc8o7)cc6c45)nc(-c4ccccc4)n3)c2)cc1.c1ccc(-c2nc(-c3ccccc3)nc(-c3cccc4sc5ccc(-c6nc7ccccc7o6)cc5c34)n2)cc1. The topological polar surface area (TPSA) is 195 Å². The van der Waals surface area contributed by atoms with Crippen molar-refractivity contribution in [2.75, 3.05) is 0 Å². The molecule has 0 aliphatic rings. The van der Waals surface area contributed by atoms with Gasteiger partial charge < -0.3 is 22.1 Å². The fourth-order valence-electron chi connectivity index (χ4n) is 18.1. The summed E-state index contributed by atoms with van der Waals surface area (Å²) in [6.45, 7) is 0. The van der Waals surface area contributed by atoms with E-state index in [9.17, 15) is 0 Å². The van der Waals surface area contributed by atoms with Gasteiger partial charge >= 0.3 is 0 Å². The smallest absolute Gasteiger partial charge is 0.227 e. The van der Waals surface area contributed by atoms with Crippen LogP contribution in [-0.2, 0) is 0 Å². The zero-order chi connectivity index (χ0) is 91.4. The van der Waals surface area contributed by atoms with Gasteiger partial charge in [0.1, 0.15) is 38.9 Å². The number of oxazole rings is 3. The van der Waals surface area contributed by atoms with Crippen LogP contribution in [0.1, 0.15) is 0 Å². The van der Waals surface area contributed by atoms with Crippen molar-refractivity contribution in [2.45, 2.75) is 0 Å². The summed E-state index contributed by atoms with van der Waals surface area (Å²) in [5.74, 6) is 5.00. The van der Waals surface area contributed by atoms with Crippen molar-refractivity contribution in [2.24, 2.45) is 0 Å². The number of hydrogen-bond acceptors (Lipinski definition) is 16. The Kier molecular flexibility index (Phi) is 20.7. The van der Waals surface area contributed by atoms with Crippen molar-refractivity contribution in [3.8, 4) is 170 Å². The van der Waals surface area contributed by atoms with E-state index in [2.05, 4.69) is 218 Å². The first kappa shape index (κ1) is 81.4. The molecule has 9 aromatic heterocycles. The van der Waals surface area contributed by atoms with Crippen LogP contribution in [-0.4, -0.2) is 49.8 Å². The number of aromatic nitrogens is 10. The fraction of sp³-hybridized carbons (Fsp3) is 0. The van der Waals surface area contributed by atoms with Crippen molar-refractivity contribution in [3.63, 3.8) is 0 Å². The van der Waals surface area contributed by atoms with E-state index in [1.54, 1.807) is 11.3 Å². The van der Waals surface area contributed by atoms with Crippen molar-refractivity contribution in [1.29, 1.82) is 0 Å². The Bertz CT molecular complexity index is 9130. The minimum atomic E-state index is 0.568. The second-order valence-corrected chi connectivity index (χ2v) is 34.7. The van der Waals surface area contributed by atoms with Crippen molar-refractivity contribution < 1.29 is 22.1 Å². The van der Waals surface area contributed by atoms with Crippen LogP contribution >= 0.6 is 11.3 Å². The second-order valence-electron chi connectivity index (χ2n) is 33.6. The molecule has 0 N–H and O–H groups in total. The number of nitrogens with zero attached hydrogens (tertiary/aromatic N) is 10. The van der Waals surface area contributed by atoms with Crippen LogP contribution in [0.5, 0.6) is 0 Å². The van der Waals surface area contributed by atoms with Crippen LogP contribution in [0.2, 0.25) is 0 Å². The minimum absolute atomic E-state index is 0.568.